The summed E-state index contributed by atoms with van der Waals surface area (Å²) in [7, 11) is 4.20. The number of nitrogens with zero attached hydrogens (tertiary/aromatic N) is 3. The summed E-state index contributed by atoms with van der Waals surface area (Å²) in [5.74, 6) is 0. The van der Waals surface area contributed by atoms with Gasteiger partial charge in [0.25, 0.3) is 0 Å². The first kappa shape index (κ1) is 25.1. The van der Waals surface area contributed by atoms with Crippen LogP contribution in [-0.4, -0.2) is 90.5 Å². The second-order valence-corrected chi connectivity index (χ2v) is 9.23. The van der Waals surface area contributed by atoms with Crippen LogP contribution in [0.3, 0.4) is 0 Å². The van der Waals surface area contributed by atoms with E-state index in [4.69, 9.17) is 4.43 Å². The van der Waals surface area contributed by atoms with E-state index in [1.165, 1.54) is 84.0 Å². The van der Waals surface area contributed by atoms with Crippen LogP contribution in [0.4, 0.5) is 0 Å². The summed E-state index contributed by atoms with van der Waals surface area (Å²) >= 11 is 0. The normalized spacial score (nSPS) is 12.7. The number of rotatable bonds is 18. The molecule has 0 aliphatic carbocycles. The van der Waals surface area contributed by atoms with Gasteiger partial charge >= 0.3 is 0 Å². The molecule has 0 heterocycles. The molecule has 0 atom stereocenters. The van der Waals surface area contributed by atoms with E-state index < -0.39 is 0 Å². The zero-order chi connectivity index (χ0) is 18.9. The molecule has 0 aromatic rings. The Labute approximate surface area is 161 Å². The largest absolute Gasteiger partial charge is 0.422 e. The van der Waals surface area contributed by atoms with Crippen molar-refractivity contribution in [2.45, 2.75) is 71.9 Å². The molecule has 0 aromatic heterocycles. The SMILES string of the molecule is CCCN(C)CCCN(CCC[SiH2]OC(C)C)CCCN(C)CCC. The fourth-order valence-corrected chi connectivity index (χ4v) is 4.27. The second kappa shape index (κ2) is 17.5. The Morgan fingerprint density at radius 1 is 0.720 bits per heavy atom. The third-order valence-corrected chi connectivity index (χ3v) is 6.25. The molecule has 4 nitrogen and oxygen atoms in total. The summed E-state index contributed by atoms with van der Waals surface area (Å²) in [5.41, 5.74) is 0. The highest BCUT2D eigenvalue weighted by molar-refractivity contribution is 6.27. The minimum Gasteiger partial charge on any atom is -0.422 e. The molecular formula is C20H47N3OSi. The molecule has 0 aliphatic rings. The molecule has 0 saturated carbocycles. The van der Waals surface area contributed by atoms with Crippen LogP contribution in [0.1, 0.15) is 59.8 Å². The van der Waals surface area contributed by atoms with Gasteiger partial charge in [0.1, 0.15) is 0 Å². The Morgan fingerprint density at radius 2 is 1.20 bits per heavy atom. The van der Waals surface area contributed by atoms with Crippen molar-refractivity contribution in [2.24, 2.45) is 0 Å². The van der Waals surface area contributed by atoms with Crippen molar-refractivity contribution in [3.8, 4) is 0 Å². The maximum atomic E-state index is 5.81. The minimum atomic E-state index is -0.300. The predicted octanol–water partition coefficient (Wildman–Crippen LogP) is 3.07. The van der Waals surface area contributed by atoms with Crippen LogP contribution in [0.15, 0.2) is 0 Å². The summed E-state index contributed by atoms with van der Waals surface area (Å²) in [6, 6.07) is 1.32. The highest BCUT2D eigenvalue weighted by Gasteiger charge is 2.07. The Balaban J connectivity index is 4.03. The quantitative estimate of drug-likeness (QED) is 0.271. The van der Waals surface area contributed by atoms with Crippen LogP contribution in [0, 0.1) is 0 Å². The molecule has 0 bridgehead atoms. The first-order chi connectivity index (χ1) is 12.0. The molecule has 0 fully saturated rings. The summed E-state index contributed by atoms with van der Waals surface area (Å²) < 4.78 is 5.81. The van der Waals surface area contributed by atoms with Gasteiger partial charge in [0.05, 0.1) is 0 Å². The highest BCUT2D eigenvalue weighted by Crippen LogP contribution is 2.02. The average Bonchev–Trinajstić information content (AvgIpc) is 2.54. The van der Waals surface area contributed by atoms with E-state index >= 15 is 0 Å². The number of hydrogen-bond acceptors (Lipinski definition) is 4. The predicted molar refractivity (Wildman–Crippen MR) is 115 cm³/mol. The van der Waals surface area contributed by atoms with Crippen LogP contribution in [0.25, 0.3) is 0 Å². The molecule has 152 valence electrons. The van der Waals surface area contributed by atoms with Crippen molar-refractivity contribution in [2.75, 3.05) is 59.9 Å². The molecule has 0 saturated heterocycles. The first-order valence-electron chi connectivity index (χ1n) is 10.7. The first-order valence-corrected chi connectivity index (χ1v) is 12.3. The maximum absolute atomic E-state index is 5.81. The van der Waals surface area contributed by atoms with Gasteiger partial charge in [0.15, 0.2) is 9.76 Å². The molecule has 0 N–H and O–H groups in total. The smallest absolute Gasteiger partial charge is 0.161 e. The minimum absolute atomic E-state index is 0.300. The van der Waals surface area contributed by atoms with Crippen molar-refractivity contribution in [3.05, 3.63) is 0 Å². The Bertz CT molecular complexity index is 262. The molecular weight excluding hydrogens is 326 g/mol. The summed E-state index contributed by atoms with van der Waals surface area (Å²) in [5, 5.41) is 0. The lowest BCUT2D eigenvalue weighted by Crippen LogP contribution is -2.32. The zero-order valence-corrected chi connectivity index (χ0v) is 19.6. The van der Waals surface area contributed by atoms with Gasteiger partial charge in [-0.3, -0.25) is 0 Å². The average molecular weight is 374 g/mol. The molecule has 25 heavy (non-hydrogen) atoms. The molecule has 0 rings (SSSR count). The van der Waals surface area contributed by atoms with Gasteiger partial charge in [0, 0.05) is 6.10 Å². The van der Waals surface area contributed by atoms with Crippen LogP contribution >= 0.6 is 0 Å². The molecule has 0 spiro atoms. The maximum Gasteiger partial charge on any atom is 0.161 e. The van der Waals surface area contributed by atoms with Gasteiger partial charge in [-0.05, 0) is 112 Å². The lowest BCUT2D eigenvalue weighted by atomic mass is 10.2. The van der Waals surface area contributed by atoms with E-state index in [9.17, 15) is 0 Å². The molecule has 5 heteroatoms. The van der Waals surface area contributed by atoms with Crippen LogP contribution in [0.5, 0.6) is 0 Å². The third kappa shape index (κ3) is 17.2. The summed E-state index contributed by atoms with van der Waals surface area (Å²) in [6.07, 6.45) is 6.83. The lowest BCUT2D eigenvalue weighted by molar-refractivity contribution is 0.225. The molecule has 0 unspecified atom stereocenters. The molecule has 0 aliphatic heterocycles. The van der Waals surface area contributed by atoms with E-state index in [0.29, 0.717) is 6.10 Å². The van der Waals surface area contributed by atoms with Crippen LogP contribution < -0.4 is 0 Å². The van der Waals surface area contributed by atoms with Crippen molar-refractivity contribution in [3.63, 3.8) is 0 Å². The lowest BCUT2D eigenvalue weighted by Gasteiger charge is -2.25. The monoisotopic (exact) mass is 373 g/mol. The topological polar surface area (TPSA) is 19.0 Å². The standard InChI is InChI=1S/C20H47N3OSi/c1-7-12-21(5)14-9-16-23(17-10-15-22(6)13-8-2)18-11-19-25-24-20(3)4/h20H,7-19,25H2,1-6H3. The van der Waals surface area contributed by atoms with Gasteiger partial charge in [-0.15, -0.1) is 0 Å². The Hall–Kier alpha value is 0.0569. The summed E-state index contributed by atoms with van der Waals surface area (Å²) in [6.45, 7) is 17.5. The zero-order valence-electron chi connectivity index (χ0n) is 18.2. The molecule has 0 aromatic carbocycles. The van der Waals surface area contributed by atoms with E-state index in [1.54, 1.807) is 0 Å². The van der Waals surface area contributed by atoms with Gasteiger partial charge in [-0.1, -0.05) is 13.8 Å². The number of hydrogen-bond donors (Lipinski definition) is 0. The van der Waals surface area contributed by atoms with Gasteiger partial charge in [-0.2, -0.15) is 0 Å². The van der Waals surface area contributed by atoms with Crippen LogP contribution in [-0.2, 0) is 4.43 Å². The molecule has 0 radical (unpaired) electrons. The van der Waals surface area contributed by atoms with E-state index in [2.05, 4.69) is 56.5 Å². The Morgan fingerprint density at radius 3 is 1.64 bits per heavy atom. The van der Waals surface area contributed by atoms with Crippen molar-refractivity contribution in [1.29, 1.82) is 0 Å². The van der Waals surface area contributed by atoms with Crippen molar-refractivity contribution >= 4 is 9.76 Å². The Kier molecular flexibility index (Phi) is 17.5. The second-order valence-electron chi connectivity index (χ2n) is 7.78. The van der Waals surface area contributed by atoms with Gasteiger partial charge in [0.2, 0.25) is 0 Å². The molecule has 0 amide bonds. The third-order valence-electron chi connectivity index (χ3n) is 4.56. The van der Waals surface area contributed by atoms with Crippen molar-refractivity contribution < 1.29 is 4.43 Å². The van der Waals surface area contributed by atoms with Gasteiger partial charge < -0.3 is 19.1 Å². The summed E-state index contributed by atoms with van der Waals surface area (Å²) in [4.78, 5) is 7.64. The van der Waals surface area contributed by atoms with Gasteiger partial charge in [-0.25, -0.2) is 0 Å². The van der Waals surface area contributed by atoms with Crippen LogP contribution in [0.2, 0.25) is 6.04 Å². The van der Waals surface area contributed by atoms with E-state index in [1.807, 2.05) is 0 Å². The van der Waals surface area contributed by atoms with Crippen molar-refractivity contribution in [1.82, 2.24) is 14.7 Å². The van der Waals surface area contributed by atoms with E-state index in [0.717, 1.165) is 0 Å². The highest BCUT2D eigenvalue weighted by atomic mass is 28.2. The fourth-order valence-electron chi connectivity index (χ4n) is 3.21. The fraction of sp³-hybridized carbons (Fsp3) is 1.00. The van der Waals surface area contributed by atoms with E-state index in [-0.39, 0.29) is 9.76 Å².